The Bertz CT molecular complexity index is 4150. The molecule has 354 valence electrons. The summed E-state index contributed by atoms with van der Waals surface area (Å²) in [6.07, 6.45) is 1.73. The molecule has 0 N–H and O–H groups in total. The lowest BCUT2D eigenvalue weighted by molar-refractivity contribution is -0.137. The van der Waals surface area contributed by atoms with Crippen LogP contribution in [0.2, 0.25) is 0 Å². The molecule has 11 aromatic rings. The maximum Gasteiger partial charge on any atom is 0.420 e. The average Bonchev–Trinajstić information content (AvgIpc) is 3.90. The number of hydrogen-bond donors (Lipinski definition) is 0. The highest BCUT2D eigenvalue weighted by Crippen LogP contribution is 2.48. The van der Waals surface area contributed by atoms with Gasteiger partial charge in [0.1, 0.15) is 5.56 Å². The molecule has 0 saturated carbocycles. The fraction of sp³-hybridized carbons (Fsp3) is 0.119. The molecule has 1 aliphatic rings. The van der Waals surface area contributed by atoms with Crippen molar-refractivity contribution >= 4 is 49.2 Å². The summed E-state index contributed by atoms with van der Waals surface area (Å²) in [4.78, 5) is 0. The molecule has 2 atom stereocenters. The fourth-order valence-electron chi connectivity index (χ4n) is 11.0. The van der Waals surface area contributed by atoms with Crippen molar-refractivity contribution < 1.29 is 13.2 Å². The molecule has 3 nitrogen and oxygen atoms in total. The molecule has 1 aliphatic carbocycles. The van der Waals surface area contributed by atoms with Gasteiger partial charge in [-0.05, 0) is 137 Å². The third kappa shape index (κ3) is 8.02. The second-order valence-electron chi connectivity index (χ2n) is 20.0. The standard InChI is InChI=1S/C67H50F3N3/c1-40-15-18-46(19-16-40)51-21-25-56-57-26-22-52(47-12-6-9-41(2)29-47)34-61(57)72(60(56)33-51)64-37-55(49-14-8-11-45(32-49)39-71)38-65(66(64)67(68,69)70)73-62-35-53(48-13-7-10-42(3)30-48)23-27-58(62)59-28-24-54(36-63(59)73)50-20-17-43(4)44(5)31-50/h6-38,43-44H,1-5H3. The van der Waals surface area contributed by atoms with E-state index in [0.717, 1.165) is 82.8 Å². The van der Waals surface area contributed by atoms with E-state index in [9.17, 15) is 5.26 Å². The van der Waals surface area contributed by atoms with Gasteiger partial charge in [0, 0.05) is 21.5 Å². The number of halogens is 3. The number of alkyl halides is 3. The van der Waals surface area contributed by atoms with E-state index in [4.69, 9.17) is 0 Å². The van der Waals surface area contributed by atoms with E-state index in [0.29, 0.717) is 44.7 Å². The van der Waals surface area contributed by atoms with E-state index in [1.165, 1.54) is 0 Å². The topological polar surface area (TPSA) is 33.6 Å². The van der Waals surface area contributed by atoms with Crippen LogP contribution in [0.5, 0.6) is 0 Å². The molecular formula is C67H50F3N3. The van der Waals surface area contributed by atoms with Gasteiger partial charge in [-0.1, -0.05) is 182 Å². The predicted octanol–water partition coefficient (Wildman–Crippen LogP) is 18.6. The van der Waals surface area contributed by atoms with Crippen molar-refractivity contribution in [2.24, 2.45) is 11.8 Å². The molecule has 0 aliphatic heterocycles. The summed E-state index contributed by atoms with van der Waals surface area (Å²) in [7, 11) is 0. The Morgan fingerprint density at radius 2 is 0.849 bits per heavy atom. The summed E-state index contributed by atoms with van der Waals surface area (Å²) in [6, 6.07) is 62.1. The van der Waals surface area contributed by atoms with E-state index >= 15 is 13.2 Å². The molecule has 9 aromatic carbocycles. The van der Waals surface area contributed by atoms with E-state index < -0.39 is 11.7 Å². The zero-order valence-electron chi connectivity index (χ0n) is 41.2. The summed E-state index contributed by atoms with van der Waals surface area (Å²) in [5, 5.41) is 13.5. The van der Waals surface area contributed by atoms with E-state index in [1.807, 2.05) is 103 Å². The highest BCUT2D eigenvalue weighted by molar-refractivity contribution is 6.13. The molecule has 0 radical (unpaired) electrons. The first-order valence-corrected chi connectivity index (χ1v) is 24.8. The molecule has 2 unspecified atom stereocenters. The van der Waals surface area contributed by atoms with Crippen LogP contribution in [-0.2, 0) is 6.18 Å². The van der Waals surface area contributed by atoms with Crippen LogP contribution in [0.3, 0.4) is 0 Å². The fourth-order valence-corrected chi connectivity index (χ4v) is 11.0. The third-order valence-electron chi connectivity index (χ3n) is 15.0. The molecule has 0 saturated heterocycles. The Balaban J connectivity index is 1.25. The number of fused-ring (bicyclic) bond motifs is 6. The van der Waals surface area contributed by atoms with Gasteiger partial charge in [-0.3, -0.25) is 0 Å². The first-order chi connectivity index (χ1) is 35.3. The van der Waals surface area contributed by atoms with Gasteiger partial charge in [-0.15, -0.1) is 0 Å². The first kappa shape index (κ1) is 45.5. The molecule has 0 fully saturated rings. The van der Waals surface area contributed by atoms with Gasteiger partial charge < -0.3 is 9.13 Å². The van der Waals surface area contributed by atoms with Crippen LogP contribution in [0.25, 0.3) is 105 Å². The molecule has 12 rings (SSSR count). The molecule has 73 heavy (non-hydrogen) atoms. The second kappa shape index (κ2) is 17.6. The van der Waals surface area contributed by atoms with Gasteiger partial charge in [0.2, 0.25) is 0 Å². The molecule has 2 heterocycles. The Morgan fingerprint density at radius 3 is 1.32 bits per heavy atom. The van der Waals surface area contributed by atoms with E-state index in [-0.39, 0.29) is 17.3 Å². The minimum atomic E-state index is -4.88. The van der Waals surface area contributed by atoms with Crippen LogP contribution in [-0.4, -0.2) is 9.13 Å². The molecule has 0 spiro atoms. The van der Waals surface area contributed by atoms with Crippen molar-refractivity contribution in [3.63, 3.8) is 0 Å². The van der Waals surface area contributed by atoms with Crippen LogP contribution < -0.4 is 0 Å². The summed E-state index contributed by atoms with van der Waals surface area (Å²) < 4.78 is 55.5. The van der Waals surface area contributed by atoms with Gasteiger partial charge in [-0.25, -0.2) is 0 Å². The monoisotopic (exact) mass is 953 g/mol. The lowest BCUT2D eigenvalue weighted by Crippen LogP contribution is -2.16. The molecule has 0 amide bonds. The Morgan fingerprint density at radius 1 is 0.425 bits per heavy atom. The lowest BCUT2D eigenvalue weighted by Gasteiger charge is -2.24. The SMILES string of the molecule is Cc1ccc(-c2ccc3c4ccc(-c5cccc(C)c5)cc4n(-c4cc(-c5cccc(C#N)c5)cc(-n5c6cc(C7=CC(C)C(C)C=C7)ccc6c6ccc(-c7cccc(C)c7)cc65)c4C(F)(F)F)c3c2)cc1. The predicted molar refractivity (Wildman–Crippen MR) is 296 cm³/mol. The van der Waals surface area contributed by atoms with Crippen molar-refractivity contribution in [3.05, 3.63) is 234 Å². The number of hydrogen-bond acceptors (Lipinski definition) is 1. The maximum atomic E-state index is 17.3. The second-order valence-corrected chi connectivity index (χ2v) is 20.0. The number of aromatic nitrogens is 2. The van der Waals surface area contributed by atoms with Crippen LogP contribution in [0.1, 0.15) is 47.2 Å². The summed E-state index contributed by atoms with van der Waals surface area (Å²) in [5.41, 5.74) is 14.1. The van der Waals surface area contributed by atoms with Crippen molar-refractivity contribution in [1.82, 2.24) is 9.13 Å². The maximum absolute atomic E-state index is 17.3. The van der Waals surface area contributed by atoms with E-state index in [2.05, 4.69) is 117 Å². The molecule has 6 heteroatoms. The van der Waals surface area contributed by atoms with Crippen LogP contribution in [0.15, 0.2) is 200 Å². The highest BCUT2D eigenvalue weighted by atomic mass is 19.4. The average molecular weight is 954 g/mol. The molecular weight excluding hydrogens is 904 g/mol. The largest absolute Gasteiger partial charge is 0.420 e. The smallest absolute Gasteiger partial charge is 0.308 e. The van der Waals surface area contributed by atoms with E-state index in [1.54, 1.807) is 30.3 Å². The number of nitriles is 1. The van der Waals surface area contributed by atoms with Gasteiger partial charge >= 0.3 is 6.18 Å². The first-order valence-electron chi connectivity index (χ1n) is 24.8. The number of benzene rings is 9. The van der Waals surface area contributed by atoms with Crippen molar-refractivity contribution in [2.75, 3.05) is 0 Å². The highest BCUT2D eigenvalue weighted by Gasteiger charge is 2.40. The minimum Gasteiger partial charge on any atom is -0.308 e. The van der Waals surface area contributed by atoms with Gasteiger partial charge in [-0.2, -0.15) is 18.4 Å². The van der Waals surface area contributed by atoms with Crippen LogP contribution in [0.4, 0.5) is 13.2 Å². The Labute approximate surface area is 423 Å². The Hall–Kier alpha value is -8.66. The van der Waals surface area contributed by atoms with Crippen LogP contribution >= 0.6 is 0 Å². The van der Waals surface area contributed by atoms with Gasteiger partial charge in [0.05, 0.1) is 45.1 Å². The molecule has 2 aromatic heterocycles. The minimum absolute atomic E-state index is 0.0180. The summed E-state index contributed by atoms with van der Waals surface area (Å²) in [5.74, 6) is 0.638. The lowest BCUT2D eigenvalue weighted by atomic mass is 9.86. The number of rotatable bonds is 7. The van der Waals surface area contributed by atoms with Crippen molar-refractivity contribution in [2.45, 2.75) is 40.8 Å². The summed E-state index contributed by atoms with van der Waals surface area (Å²) in [6.45, 7) is 10.5. The number of aryl methyl sites for hydroxylation is 3. The van der Waals surface area contributed by atoms with Crippen LogP contribution in [0, 0.1) is 43.9 Å². The van der Waals surface area contributed by atoms with Crippen molar-refractivity contribution in [1.29, 1.82) is 5.26 Å². The number of allylic oxidation sites excluding steroid dienone is 4. The zero-order valence-corrected chi connectivity index (χ0v) is 41.2. The normalized spacial score (nSPS) is 14.9. The van der Waals surface area contributed by atoms with Gasteiger partial charge in [0.25, 0.3) is 0 Å². The van der Waals surface area contributed by atoms with Crippen molar-refractivity contribution in [3.8, 4) is 62.0 Å². The Kier molecular flexibility index (Phi) is 10.9. The quantitative estimate of drug-likeness (QED) is 0.157. The summed E-state index contributed by atoms with van der Waals surface area (Å²) >= 11 is 0. The third-order valence-corrected chi connectivity index (χ3v) is 15.0. The number of nitrogens with zero attached hydrogens (tertiary/aromatic N) is 3. The molecule has 0 bridgehead atoms. The zero-order chi connectivity index (χ0) is 50.3. The van der Waals surface area contributed by atoms with Gasteiger partial charge in [0.15, 0.2) is 0 Å².